The number of rotatable bonds is 10. The third-order valence-electron chi connectivity index (χ3n) is 7.21. The van der Waals surface area contributed by atoms with Gasteiger partial charge in [0.1, 0.15) is 24.6 Å². The van der Waals surface area contributed by atoms with E-state index in [1.54, 1.807) is 25.3 Å². The number of methoxy groups -OCH3 is 1. The summed E-state index contributed by atoms with van der Waals surface area (Å²) in [7, 11) is 1.74. The lowest BCUT2D eigenvalue weighted by Crippen LogP contribution is -2.39. The maximum Gasteiger partial charge on any atom is 0.165 e. The summed E-state index contributed by atoms with van der Waals surface area (Å²) in [6, 6.07) is 15.1. The fourth-order valence-corrected chi connectivity index (χ4v) is 4.98. The van der Waals surface area contributed by atoms with Crippen molar-refractivity contribution in [2.75, 3.05) is 53.0 Å². The molecule has 2 aromatic rings. The number of likely N-dealkylation sites (tertiary alicyclic amines) is 2. The molecule has 2 fully saturated rings. The molecule has 0 spiro atoms. The molecule has 0 aromatic heterocycles. The van der Waals surface area contributed by atoms with Crippen molar-refractivity contribution in [3.8, 4) is 11.5 Å². The SMILES string of the molecule is CO[C@]1(COc2ccccc2F)CCCN(Cc2ccc(OCCN3CCCCC3)cc2)CC1. The largest absolute Gasteiger partial charge is 0.492 e. The molecular formula is C28H39FN2O3. The van der Waals surface area contributed by atoms with E-state index >= 15 is 0 Å². The van der Waals surface area contributed by atoms with Gasteiger partial charge in [-0.2, -0.15) is 0 Å². The molecule has 0 N–H and O–H groups in total. The summed E-state index contributed by atoms with van der Waals surface area (Å²) in [5.74, 6) is 0.904. The molecule has 6 heteroatoms. The van der Waals surface area contributed by atoms with E-state index in [2.05, 4.69) is 34.1 Å². The van der Waals surface area contributed by atoms with Gasteiger partial charge in [0.05, 0.1) is 0 Å². The average Bonchev–Trinajstić information content (AvgIpc) is 3.08. The highest BCUT2D eigenvalue weighted by atomic mass is 19.1. The Morgan fingerprint density at radius 3 is 2.35 bits per heavy atom. The lowest BCUT2D eigenvalue weighted by Gasteiger charge is -2.31. The van der Waals surface area contributed by atoms with Gasteiger partial charge in [0, 0.05) is 26.7 Å². The second-order valence-corrected chi connectivity index (χ2v) is 9.63. The molecule has 0 amide bonds. The highest BCUT2D eigenvalue weighted by Crippen LogP contribution is 2.29. The van der Waals surface area contributed by atoms with Crippen LogP contribution in [-0.4, -0.2) is 68.4 Å². The zero-order chi connectivity index (χ0) is 23.6. The van der Waals surface area contributed by atoms with Gasteiger partial charge in [-0.3, -0.25) is 9.80 Å². The molecule has 0 unspecified atom stereocenters. The molecule has 2 saturated heterocycles. The molecule has 2 aromatic carbocycles. The van der Waals surface area contributed by atoms with Crippen LogP contribution in [0.2, 0.25) is 0 Å². The Morgan fingerprint density at radius 1 is 0.824 bits per heavy atom. The van der Waals surface area contributed by atoms with Crippen molar-refractivity contribution in [3.05, 3.63) is 59.9 Å². The third-order valence-corrected chi connectivity index (χ3v) is 7.21. The van der Waals surface area contributed by atoms with Crippen LogP contribution < -0.4 is 9.47 Å². The molecular weight excluding hydrogens is 431 g/mol. The molecule has 2 heterocycles. The van der Waals surface area contributed by atoms with Crippen LogP contribution in [0.4, 0.5) is 4.39 Å². The molecule has 0 saturated carbocycles. The zero-order valence-corrected chi connectivity index (χ0v) is 20.5. The number of para-hydroxylation sites is 1. The number of piperidine rings is 1. The molecule has 2 aliphatic heterocycles. The maximum absolute atomic E-state index is 14.0. The van der Waals surface area contributed by atoms with Crippen LogP contribution in [0.1, 0.15) is 44.1 Å². The minimum absolute atomic E-state index is 0.290. The fraction of sp³-hybridized carbons (Fsp3) is 0.571. The molecule has 4 rings (SSSR count). The number of nitrogens with zero attached hydrogens (tertiary/aromatic N) is 2. The maximum atomic E-state index is 14.0. The first kappa shape index (κ1) is 25.0. The summed E-state index contributed by atoms with van der Waals surface area (Å²) < 4.78 is 31.7. The number of halogens is 1. The first-order chi connectivity index (χ1) is 16.7. The minimum atomic E-state index is -0.386. The monoisotopic (exact) mass is 470 g/mol. The number of ether oxygens (including phenoxy) is 3. The first-order valence-electron chi connectivity index (χ1n) is 12.7. The second-order valence-electron chi connectivity index (χ2n) is 9.63. The molecule has 0 radical (unpaired) electrons. The summed E-state index contributed by atoms with van der Waals surface area (Å²) in [5.41, 5.74) is 0.902. The van der Waals surface area contributed by atoms with Crippen molar-refractivity contribution in [3.63, 3.8) is 0 Å². The summed E-state index contributed by atoms with van der Waals surface area (Å²) >= 11 is 0. The summed E-state index contributed by atoms with van der Waals surface area (Å²) in [4.78, 5) is 4.97. The standard InChI is InChI=1S/C28H39FN2O3/c1-32-28(23-34-27-9-4-3-8-26(27)29)14-7-18-31(19-15-28)22-24-10-12-25(13-11-24)33-21-20-30-16-5-2-6-17-30/h3-4,8-13H,2,5-7,14-23H2,1H3/t28-/m1/s1. The van der Waals surface area contributed by atoms with Gasteiger partial charge in [0.2, 0.25) is 0 Å². The summed E-state index contributed by atoms with van der Waals surface area (Å²) in [6.07, 6.45) is 6.77. The van der Waals surface area contributed by atoms with E-state index < -0.39 is 0 Å². The van der Waals surface area contributed by atoms with Gasteiger partial charge < -0.3 is 14.2 Å². The van der Waals surface area contributed by atoms with Crippen LogP contribution >= 0.6 is 0 Å². The number of hydrogen-bond donors (Lipinski definition) is 0. The van der Waals surface area contributed by atoms with Crippen molar-refractivity contribution in [2.24, 2.45) is 0 Å². The molecule has 34 heavy (non-hydrogen) atoms. The van der Waals surface area contributed by atoms with E-state index in [-0.39, 0.29) is 11.4 Å². The highest BCUT2D eigenvalue weighted by molar-refractivity contribution is 5.27. The quantitative estimate of drug-likeness (QED) is 0.480. The van der Waals surface area contributed by atoms with Crippen LogP contribution in [0.3, 0.4) is 0 Å². The lowest BCUT2D eigenvalue weighted by molar-refractivity contribution is -0.0548. The third kappa shape index (κ3) is 7.17. The molecule has 1 atom stereocenters. The Labute approximate surface area is 203 Å². The van der Waals surface area contributed by atoms with Crippen LogP contribution in [0.25, 0.3) is 0 Å². The average molecular weight is 471 g/mol. The van der Waals surface area contributed by atoms with Gasteiger partial charge in [-0.1, -0.05) is 30.7 Å². The van der Waals surface area contributed by atoms with E-state index in [0.29, 0.717) is 12.4 Å². The Kier molecular flexibility index (Phi) is 9.19. The molecule has 0 bridgehead atoms. The van der Waals surface area contributed by atoms with Gasteiger partial charge in [0.15, 0.2) is 11.6 Å². The molecule has 186 valence electrons. The smallest absolute Gasteiger partial charge is 0.165 e. The first-order valence-corrected chi connectivity index (χ1v) is 12.7. The minimum Gasteiger partial charge on any atom is -0.492 e. The lowest BCUT2D eigenvalue weighted by atomic mass is 9.95. The predicted octanol–water partition coefficient (Wildman–Crippen LogP) is 5.14. The van der Waals surface area contributed by atoms with E-state index in [1.807, 2.05) is 0 Å². The van der Waals surface area contributed by atoms with Gasteiger partial charge in [-0.15, -0.1) is 0 Å². The zero-order valence-electron chi connectivity index (χ0n) is 20.5. The fourth-order valence-electron chi connectivity index (χ4n) is 4.98. The van der Waals surface area contributed by atoms with E-state index in [9.17, 15) is 4.39 Å². The van der Waals surface area contributed by atoms with Crippen molar-refractivity contribution in [1.82, 2.24) is 9.80 Å². The van der Waals surface area contributed by atoms with E-state index in [4.69, 9.17) is 14.2 Å². The topological polar surface area (TPSA) is 34.2 Å². The van der Waals surface area contributed by atoms with Crippen molar-refractivity contribution in [2.45, 2.75) is 50.7 Å². The Bertz CT molecular complexity index is 872. The van der Waals surface area contributed by atoms with Crippen molar-refractivity contribution >= 4 is 0 Å². The number of hydrogen-bond acceptors (Lipinski definition) is 5. The predicted molar refractivity (Wildman–Crippen MR) is 133 cm³/mol. The van der Waals surface area contributed by atoms with Gasteiger partial charge in [0.25, 0.3) is 0 Å². The van der Waals surface area contributed by atoms with Crippen LogP contribution in [-0.2, 0) is 11.3 Å². The van der Waals surface area contributed by atoms with Crippen LogP contribution in [0.5, 0.6) is 11.5 Å². The van der Waals surface area contributed by atoms with E-state index in [0.717, 1.165) is 57.8 Å². The number of benzene rings is 2. The summed E-state index contributed by atoms with van der Waals surface area (Å²) in [5, 5.41) is 0. The van der Waals surface area contributed by atoms with E-state index in [1.165, 1.54) is 44.0 Å². The van der Waals surface area contributed by atoms with Gasteiger partial charge in [-0.05, 0) is 81.6 Å². The van der Waals surface area contributed by atoms with Crippen molar-refractivity contribution < 1.29 is 18.6 Å². The van der Waals surface area contributed by atoms with Gasteiger partial charge in [-0.25, -0.2) is 4.39 Å². The van der Waals surface area contributed by atoms with Crippen molar-refractivity contribution in [1.29, 1.82) is 0 Å². The van der Waals surface area contributed by atoms with Crippen LogP contribution in [0, 0.1) is 5.82 Å². The second kappa shape index (κ2) is 12.5. The normalized spacial score (nSPS) is 22.3. The molecule has 2 aliphatic rings. The highest BCUT2D eigenvalue weighted by Gasteiger charge is 2.34. The Hall–Kier alpha value is -2.15. The van der Waals surface area contributed by atoms with Crippen LogP contribution in [0.15, 0.2) is 48.5 Å². The molecule has 0 aliphatic carbocycles. The summed E-state index contributed by atoms with van der Waals surface area (Å²) in [6.45, 7) is 7.37. The Morgan fingerprint density at radius 2 is 1.59 bits per heavy atom. The Balaban J connectivity index is 1.23. The molecule has 5 nitrogen and oxygen atoms in total. The van der Waals surface area contributed by atoms with Gasteiger partial charge >= 0.3 is 0 Å².